The van der Waals surface area contributed by atoms with Crippen molar-refractivity contribution in [3.8, 4) is 5.75 Å². The first-order valence-electron chi connectivity index (χ1n) is 9.75. The molecule has 0 bridgehead atoms. The number of imidazole rings is 1. The number of aryl methyl sites for hydroxylation is 1. The molecule has 0 N–H and O–H groups in total. The van der Waals surface area contributed by atoms with Crippen LogP contribution in [0.25, 0.3) is 5.65 Å². The van der Waals surface area contributed by atoms with Gasteiger partial charge in [-0.1, -0.05) is 12.1 Å². The number of aromatic nitrogens is 3. The fourth-order valence-electron chi connectivity index (χ4n) is 3.77. The van der Waals surface area contributed by atoms with Gasteiger partial charge in [-0.15, -0.1) is 0 Å². The Balaban J connectivity index is 1.40. The number of benzene rings is 1. The van der Waals surface area contributed by atoms with Crippen molar-refractivity contribution >= 4 is 17.5 Å². The Hall–Kier alpha value is -3.29. The normalized spacial score (nSPS) is 14.8. The molecule has 0 radical (unpaired) electrons. The minimum absolute atomic E-state index is 0.0359. The highest BCUT2D eigenvalue weighted by Gasteiger charge is 2.25. The zero-order valence-corrected chi connectivity index (χ0v) is 16.7. The lowest BCUT2D eigenvalue weighted by molar-refractivity contribution is -0.130. The first-order chi connectivity index (χ1) is 14.1. The van der Waals surface area contributed by atoms with Crippen LogP contribution in [0.2, 0.25) is 0 Å². The Morgan fingerprint density at radius 3 is 2.52 bits per heavy atom. The molecule has 3 heterocycles. The van der Waals surface area contributed by atoms with Crippen LogP contribution in [0.1, 0.15) is 22.3 Å². The predicted molar refractivity (Wildman–Crippen MR) is 108 cm³/mol. The van der Waals surface area contributed by atoms with Crippen molar-refractivity contribution in [2.75, 3.05) is 33.3 Å². The molecule has 0 unspecified atom stereocenters. The number of fused-ring (bicyclic) bond motifs is 1. The number of hydrogen-bond donors (Lipinski definition) is 0. The van der Waals surface area contributed by atoms with Gasteiger partial charge in [0.05, 0.1) is 19.7 Å². The number of rotatable bonds is 4. The highest BCUT2D eigenvalue weighted by molar-refractivity contribution is 5.99. The van der Waals surface area contributed by atoms with E-state index in [0.717, 1.165) is 23.4 Å². The van der Waals surface area contributed by atoms with Crippen LogP contribution in [0.15, 0.2) is 42.9 Å². The summed E-state index contributed by atoms with van der Waals surface area (Å²) in [6, 6.07) is 7.55. The van der Waals surface area contributed by atoms with Gasteiger partial charge in [-0.25, -0.2) is 4.52 Å². The summed E-state index contributed by atoms with van der Waals surface area (Å²) >= 11 is 0. The number of amides is 2. The van der Waals surface area contributed by atoms with E-state index in [1.54, 1.807) is 17.8 Å². The molecule has 4 rings (SSSR count). The first-order valence-corrected chi connectivity index (χ1v) is 9.75. The van der Waals surface area contributed by atoms with Crippen molar-refractivity contribution < 1.29 is 14.3 Å². The van der Waals surface area contributed by atoms with Gasteiger partial charge in [0.1, 0.15) is 17.0 Å². The van der Waals surface area contributed by atoms with Gasteiger partial charge < -0.3 is 19.1 Å². The molecule has 1 saturated heterocycles. The van der Waals surface area contributed by atoms with Gasteiger partial charge in [0.15, 0.2) is 0 Å². The Morgan fingerprint density at radius 2 is 1.76 bits per heavy atom. The second-order valence-electron chi connectivity index (χ2n) is 7.29. The number of methoxy groups -OCH3 is 1. The zero-order chi connectivity index (χ0) is 20.4. The van der Waals surface area contributed by atoms with E-state index in [-0.39, 0.29) is 11.8 Å². The van der Waals surface area contributed by atoms with Gasteiger partial charge in [-0.2, -0.15) is 5.10 Å². The van der Waals surface area contributed by atoms with E-state index in [2.05, 4.69) is 5.10 Å². The Morgan fingerprint density at radius 1 is 1.03 bits per heavy atom. The molecule has 2 amide bonds. The molecule has 2 aromatic heterocycles. The molecule has 8 heteroatoms. The summed E-state index contributed by atoms with van der Waals surface area (Å²) in [6.45, 7) is 2.35. The van der Waals surface area contributed by atoms with Gasteiger partial charge in [0, 0.05) is 45.6 Å². The van der Waals surface area contributed by atoms with Crippen molar-refractivity contribution in [2.45, 2.75) is 12.8 Å². The third-order valence-corrected chi connectivity index (χ3v) is 5.42. The number of ether oxygens (including phenoxy) is 1. The predicted octanol–water partition coefficient (Wildman–Crippen LogP) is 1.60. The summed E-state index contributed by atoms with van der Waals surface area (Å²) in [5.74, 6) is 0.823. The summed E-state index contributed by atoms with van der Waals surface area (Å²) < 4.78 is 8.76. The molecule has 3 aromatic rings. The largest absolute Gasteiger partial charge is 0.497 e. The van der Waals surface area contributed by atoms with E-state index < -0.39 is 0 Å². The van der Waals surface area contributed by atoms with E-state index in [9.17, 15) is 9.59 Å². The highest BCUT2D eigenvalue weighted by atomic mass is 16.5. The number of carbonyl (C=O) groups excluding carboxylic acids is 2. The highest BCUT2D eigenvalue weighted by Crippen LogP contribution is 2.16. The van der Waals surface area contributed by atoms with Crippen LogP contribution in [-0.4, -0.2) is 69.1 Å². The lowest BCUT2D eigenvalue weighted by atomic mass is 10.1. The monoisotopic (exact) mass is 395 g/mol. The van der Waals surface area contributed by atoms with Gasteiger partial charge in [-0.05, 0) is 24.1 Å². The smallest absolute Gasteiger partial charge is 0.259 e. The fourth-order valence-corrected chi connectivity index (χ4v) is 3.77. The SMILES string of the molecule is COc1ccc(CC(=O)N2CCCN(C(=O)c3cnn4ccn(C)c34)CC2)cc1. The van der Waals surface area contributed by atoms with Crippen LogP contribution < -0.4 is 4.74 Å². The number of hydrogen-bond acceptors (Lipinski definition) is 4. The molecule has 1 fully saturated rings. The van der Waals surface area contributed by atoms with Crippen LogP contribution in [0.5, 0.6) is 5.75 Å². The minimum atomic E-state index is -0.0359. The van der Waals surface area contributed by atoms with Crippen molar-refractivity contribution in [2.24, 2.45) is 7.05 Å². The quantitative estimate of drug-likeness (QED) is 0.673. The maximum absolute atomic E-state index is 13.0. The van der Waals surface area contributed by atoms with Crippen LogP contribution in [0.4, 0.5) is 0 Å². The molecule has 0 spiro atoms. The van der Waals surface area contributed by atoms with Crippen molar-refractivity contribution in [3.05, 3.63) is 54.0 Å². The van der Waals surface area contributed by atoms with Gasteiger partial charge in [0.25, 0.3) is 5.91 Å². The van der Waals surface area contributed by atoms with Crippen molar-refractivity contribution in [1.82, 2.24) is 24.0 Å². The maximum Gasteiger partial charge on any atom is 0.259 e. The number of nitrogens with zero attached hydrogens (tertiary/aromatic N) is 5. The third-order valence-electron chi connectivity index (χ3n) is 5.42. The van der Waals surface area contributed by atoms with E-state index in [4.69, 9.17) is 4.74 Å². The Kier molecular flexibility index (Phi) is 5.24. The third kappa shape index (κ3) is 3.83. The summed E-state index contributed by atoms with van der Waals surface area (Å²) in [7, 11) is 3.52. The average Bonchev–Trinajstić information content (AvgIpc) is 3.22. The molecule has 0 atom stereocenters. The van der Waals surface area contributed by atoms with E-state index >= 15 is 0 Å². The second-order valence-corrected chi connectivity index (χ2v) is 7.29. The lowest BCUT2D eigenvalue weighted by Gasteiger charge is -2.22. The topological polar surface area (TPSA) is 72.1 Å². The lowest BCUT2D eigenvalue weighted by Crippen LogP contribution is -2.38. The summed E-state index contributed by atoms with van der Waals surface area (Å²) in [6.07, 6.45) is 6.44. The molecule has 0 saturated carbocycles. The maximum atomic E-state index is 13.0. The van der Waals surface area contributed by atoms with Crippen molar-refractivity contribution in [3.63, 3.8) is 0 Å². The molecule has 1 aliphatic rings. The first kappa shape index (κ1) is 19.0. The van der Waals surface area contributed by atoms with E-state index in [0.29, 0.717) is 38.2 Å². The van der Waals surface area contributed by atoms with Crippen LogP contribution >= 0.6 is 0 Å². The molecule has 29 heavy (non-hydrogen) atoms. The molecule has 1 aliphatic heterocycles. The van der Waals surface area contributed by atoms with E-state index in [1.807, 2.05) is 58.1 Å². The Bertz CT molecular complexity index is 1020. The van der Waals surface area contributed by atoms with Gasteiger partial charge in [0.2, 0.25) is 5.91 Å². The molecular formula is C21H25N5O3. The van der Waals surface area contributed by atoms with E-state index in [1.165, 1.54) is 0 Å². The number of carbonyl (C=O) groups is 2. The van der Waals surface area contributed by atoms with Gasteiger partial charge >= 0.3 is 0 Å². The van der Waals surface area contributed by atoms with Crippen LogP contribution in [-0.2, 0) is 18.3 Å². The molecule has 152 valence electrons. The van der Waals surface area contributed by atoms with Crippen LogP contribution in [0.3, 0.4) is 0 Å². The van der Waals surface area contributed by atoms with Gasteiger partial charge in [-0.3, -0.25) is 9.59 Å². The zero-order valence-electron chi connectivity index (χ0n) is 16.7. The molecular weight excluding hydrogens is 370 g/mol. The summed E-state index contributed by atoms with van der Waals surface area (Å²) in [5, 5.41) is 4.26. The summed E-state index contributed by atoms with van der Waals surface area (Å²) in [4.78, 5) is 29.5. The minimum Gasteiger partial charge on any atom is -0.497 e. The molecule has 1 aromatic carbocycles. The second kappa shape index (κ2) is 7.98. The summed E-state index contributed by atoms with van der Waals surface area (Å²) in [5.41, 5.74) is 2.33. The standard InChI is InChI=1S/C21H25N5O3/c1-23-10-13-26-20(23)18(15-22-26)21(28)25-9-3-8-24(11-12-25)19(27)14-16-4-6-17(29-2)7-5-16/h4-7,10,13,15H,3,8-9,11-12,14H2,1-2H3. The average molecular weight is 395 g/mol. The van der Waals surface area contributed by atoms with Crippen LogP contribution in [0, 0.1) is 0 Å². The molecule has 0 aliphatic carbocycles. The Labute approximate surface area is 169 Å². The van der Waals surface area contributed by atoms with Crippen molar-refractivity contribution in [1.29, 1.82) is 0 Å². The molecule has 8 nitrogen and oxygen atoms in total. The fraction of sp³-hybridized carbons (Fsp3) is 0.381.